The molecule has 1 saturated carbocycles. The van der Waals surface area contributed by atoms with Crippen molar-refractivity contribution in [2.75, 3.05) is 0 Å². The Morgan fingerprint density at radius 3 is 2.55 bits per heavy atom. The van der Waals surface area contributed by atoms with Gasteiger partial charge in [-0.05, 0) is 24.5 Å². The van der Waals surface area contributed by atoms with Gasteiger partial charge in [0.05, 0.1) is 16.0 Å². The number of halogens is 5. The summed E-state index contributed by atoms with van der Waals surface area (Å²) in [6.07, 6.45) is -1.93. The highest BCUT2D eigenvalue weighted by atomic mass is 35.5. The average molecular weight is 326 g/mol. The molecular formula is C14H16Cl2F3N. The van der Waals surface area contributed by atoms with Gasteiger partial charge in [0.1, 0.15) is 0 Å². The van der Waals surface area contributed by atoms with Gasteiger partial charge < -0.3 is 5.32 Å². The Labute approximate surface area is 126 Å². The van der Waals surface area contributed by atoms with Crippen molar-refractivity contribution in [1.82, 2.24) is 5.32 Å². The van der Waals surface area contributed by atoms with Crippen LogP contribution in [-0.4, -0.2) is 12.2 Å². The summed E-state index contributed by atoms with van der Waals surface area (Å²) in [6, 6.07) is 4.63. The summed E-state index contributed by atoms with van der Waals surface area (Å²) < 4.78 is 38.9. The van der Waals surface area contributed by atoms with Crippen LogP contribution in [0.1, 0.15) is 31.2 Å². The standard InChI is InChI=1S/C14H16Cl2F3N/c15-11-6-3-4-9(13(11)16)8-20-12-7-2-1-5-10(12)14(17,18)19/h3-4,6,10,12,20H,1-2,5,7-8H2. The van der Waals surface area contributed by atoms with E-state index in [4.69, 9.17) is 23.2 Å². The number of nitrogens with one attached hydrogen (secondary N) is 1. The summed E-state index contributed by atoms with van der Waals surface area (Å²) in [6.45, 7) is 0.302. The Bertz CT molecular complexity index is 462. The molecule has 1 aliphatic carbocycles. The number of hydrogen-bond donors (Lipinski definition) is 1. The van der Waals surface area contributed by atoms with Crippen LogP contribution in [0.4, 0.5) is 13.2 Å². The number of hydrogen-bond acceptors (Lipinski definition) is 1. The van der Waals surface area contributed by atoms with Crippen LogP contribution in [0, 0.1) is 5.92 Å². The van der Waals surface area contributed by atoms with E-state index >= 15 is 0 Å². The van der Waals surface area contributed by atoms with Crippen molar-refractivity contribution in [1.29, 1.82) is 0 Å². The van der Waals surface area contributed by atoms with Crippen LogP contribution in [-0.2, 0) is 6.54 Å². The third-order valence-electron chi connectivity index (χ3n) is 3.77. The van der Waals surface area contributed by atoms with Gasteiger partial charge in [0.15, 0.2) is 0 Å². The first-order valence-corrected chi connectivity index (χ1v) is 7.38. The molecule has 0 aromatic heterocycles. The van der Waals surface area contributed by atoms with Gasteiger partial charge in [-0.15, -0.1) is 0 Å². The Hall–Kier alpha value is -0.450. The fourth-order valence-electron chi connectivity index (χ4n) is 2.69. The van der Waals surface area contributed by atoms with Crippen LogP contribution < -0.4 is 5.32 Å². The zero-order valence-electron chi connectivity index (χ0n) is 10.8. The fourth-order valence-corrected chi connectivity index (χ4v) is 3.08. The molecule has 2 atom stereocenters. The van der Waals surface area contributed by atoms with E-state index in [9.17, 15) is 13.2 Å². The predicted octanol–water partition coefficient (Wildman–Crippen LogP) is 5.20. The molecule has 0 amide bonds. The third-order valence-corrected chi connectivity index (χ3v) is 4.63. The molecule has 0 heterocycles. The molecule has 1 aliphatic rings. The Kier molecular flexibility index (Phi) is 5.21. The first-order chi connectivity index (χ1) is 9.39. The smallest absolute Gasteiger partial charge is 0.309 e. The van der Waals surface area contributed by atoms with Crippen molar-refractivity contribution in [2.45, 2.75) is 44.4 Å². The summed E-state index contributed by atoms with van der Waals surface area (Å²) in [5, 5.41) is 3.82. The maximum Gasteiger partial charge on any atom is 0.393 e. The van der Waals surface area contributed by atoms with Gasteiger partial charge in [0, 0.05) is 12.6 Å². The Morgan fingerprint density at radius 2 is 1.85 bits per heavy atom. The van der Waals surface area contributed by atoms with Gasteiger partial charge in [-0.1, -0.05) is 48.2 Å². The van der Waals surface area contributed by atoms with Crippen molar-refractivity contribution in [2.24, 2.45) is 5.92 Å². The van der Waals surface area contributed by atoms with E-state index in [0.29, 0.717) is 29.4 Å². The molecule has 0 bridgehead atoms. The number of alkyl halides is 3. The summed E-state index contributed by atoms with van der Waals surface area (Å²) in [4.78, 5) is 0. The van der Waals surface area contributed by atoms with Gasteiger partial charge >= 0.3 is 6.18 Å². The molecule has 112 valence electrons. The molecule has 6 heteroatoms. The maximum absolute atomic E-state index is 13.0. The van der Waals surface area contributed by atoms with E-state index in [0.717, 1.165) is 12.0 Å². The molecule has 0 spiro atoms. The highest BCUT2D eigenvalue weighted by Gasteiger charge is 2.45. The SMILES string of the molecule is FC(F)(F)C1CCCCC1NCc1cccc(Cl)c1Cl. The van der Waals surface area contributed by atoms with Gasteiger partial charge in [0.25, 0.3) is 0 Å². The zero-order valence-corrected chi connectivity index (χ0v) is 12.3. The quantitative estimate of drug-likeness (QED) is 0.804. The Balaban J connectivity index is 2.03. The van der Waals surface area contributed by atoms with Gasteiger partial charge in [0.2, 0.25) is 0 Å². The minimum Gasteiger partial charge on any atom is -0.309 e. The average Bonchev–Trinajstić information content (AvgIpc) is 2.40. The minimum absolute atomic E-state index is 0.199. The van der Waals surface area contributed by atoms with Crippen LogP contribution in [0.2, 0.25) is 10.0 Å². The highest BCUT2D eigenvalue weighted by molar-refractivity contribution is 6.42. The fraction of sp³-hybridized carbons (Fsp3) is 0.571. The molecule has 1 fully saturated rings. The summed E-state index contributed by atoms with van der Waals surface area (Å²) in [5.41, 5.74) is 0.727. The lowest BCUT2D eigenvalue weighted by atomic mass is 9.84. The minimum atomic E-state index is -4.14. The van der Waals surface area contributed by atoms with E-state index in [2.05, 4.69) is 5.32 Å². The zero-order chi connectivity index (χ0) is 14.8. The first-order valence-electron chi connectivity index (χ1n) is 6.62. The van der Waals surface area contributed by atoms with Crippen LogP contribution >= 0.6 is 23.2 Å². The van der Waals surface area contributed by atoms with Gasteiger partial charge in [-0.25, -0.2) is 0 Å². The predicted molar refractivity (Wildman–Crippen MR) is 75.1 cm³/mol. The monoisotopic (exact) mass is 325 g/mol. The molecule has 0 aliphatic heterocycles. The molecule has 1 N–H and O–H groups in total. The largest absolute Gasteiger partial charge is 0.393 e. The molecule has 2 unspecified atom stereocenters. The molecule has 1 aromatic rings. The molecule has 1 nitrogen and oxygen atoms in total. The van der Waals surface area contributed by atoms with Crippen molar-refractivity contribution in [3.8, 4) is 0 Å². The third kappa shape index (κ3) is 3.80. The lowest BCUT2D eigenvalue weighted by Gasteiger charge is -2.33. The van der Waals surface area contributed by atoms with Gasteiger partial charge in [-0.3, -0.25) is 0 Å². The second-order valence-corrected chi connectivity index (χ2v) is 5.92. The van der Waals surface area contributed by atoms with E-state index in [1.807, 2.05) is 0 Å². The molecule has 1 aromatic carbocycles. The second-order valence-electron chi connectivity index (χ2n) is 5.13. The van der Waals surface area contributed by atoms with Gasteiger partial charge in [-0.2, -0.15) is 13.2 Å². The van der Waals surface area contributed by atoms with E-state index in [-0.39, 0.29) is 6.42 Å². The van der Waals surface area contributed by atoms with Crippen molar-refractivity contribution in [3.05, 3.63) is 33.8 Å². The summed E-state index contributed by atoms with van der Waals surface area (Å²) in [7, 11) is 0. The number of benzene rings is 1. The second kappa shape index (κ2) is 6.54. The van der Waals surface area contributed by atoms with Crippen LogP contribution in [0.5, 0.6) is 0 Å². The molecular weight excluding hydrogens is 310 g/mol. The van der Waals surface area contributed by atoms with E-state index in [1.165, 1.54) is 0 Å². The lowest BCUT2D eigenvalue weighted by Crippen LogP contribution is -2.45. The lowest BCUT2D eigenvalue weighted by molar-refractivity contribution is -0.189. The normalized spacial score (nSPS) is 23.9. The van der Waals surface area contributed by atoms with Crippen LogP contribution in [0.25, 0.3) is 0 Å². The Morgan fingerprint density at radius 1 is 1.15 bits per heavy atom. The molecule has 2 rings (SSSR count). The summed E-state index contributed by atoms with van der Waals surface area (Å²) >= 11 is 11.9. The first kappa shape index (κ1) is 15.9. The topological polar surface area (TPSA) is 12.0 Å². The molecule has 20 heavy (non-hydrogen) atoms. The molecule has 0 radical (unpaired) electrons. The highest BCUT2D eigenvalue weighted by Crippen LogP contribution is 2.38. The van der Waals surface area contributed by atoms with E-state index in [1.54, 1.807) is 18.2 Å². The van der Waals surface area contributed by atoms with Crippen LogP contribution in [0.3, 0.4) is 0 Å². The van der Waals surface area contributed by atoms with Crippen molar-refractivity contribution in [3.63, 3.8) is 0 Å². The summed E-state index contributed by atoms with van der Waals surface area (Å²) in [5.74, 6) is -1.27. The van der Waals surface area contributed by atoms with E-state index < -0.39 is 18.1 Å². The van der Waals surface area contributed by atoms with Crippen molar-refractivity contribution >= 4 is 23.2 Å². The van der Waals surface area contributed by atoms with Crippen molar-refractivity contribution < 1.29 is 13.2 Å². The van der Waals surface area contributed by atoms with Crippen LogP contribution in [0.15, 0.2) is 18.2 Å². The number of rotatable bonds is 3. The maximum atomic E-state index is 13.0. The molecule has 0 saturated heterocycles.